The van der Waals surface area contributed by atoms with Gasteiger partial charge >= 0.3 is 12.3 Å². The van der Waals surface area contributed by atoms with Crippen molar-refractivity contribution in [2.75, 3.05) is 0 Å². The van der Waals surface area contributed by atoms with Gasteiger partial charge in [-0.25, -0.2) is 10.1 Å². The Bertz CT molecular complexity index is 199. The number of nitrogens with one attached hydrogen (secondary N) is 2. The van der Waals surface area contributed by atoms with E-state index in [-0.39, 0.29) is 6.04 Å². The van der Waals surface area contributed by atoms with Crippen LogP contribution in [-0.2, 0) is 0 Å². The Morgan fingerprint density at radius 3 is 2.21 bits per heavy atom. The molecule has 1 fully saturated rings. The van der Waals surface area contributed by atoms with E-state index in [1.807, 2.05) is 0 Å². The highest BCUT2D eigenvalue weighted by Crippen LogP contribution is 2.17. The zero-order valence-corrected chi connectivity index (χ0v) is 7.66. The van der Waals surface area contributed by atoms with Crippen molar-refractivity contribution in [1.82, 2.24) is 10.6 Å². The lowest BCUT2D eigenvalue weighted by atomic mass is 9.96. The molecule has 6 heteroatoms. The van der Waals surface area contributed by atoms with Gasteiger partial charge in [-0.2, -0.15) is 13.2 Å². The lowest BCUT2D eigenvalue weighted by Crippen LogP contribution is -2.48. The SMILES string of the molecule is O=C(NC1CCCCC1)NC(F)(F)F. The van der Waals surface area contributed by atoms with E-state index >= 15 is 0 Å². The highest BCUT2D eigenvalue weighted by atomic mass is 19.4. The molecular formula is C8H13F3N2O. The third-order valence-electron chi connectivity index (χ3n) is 2.20. The van der Waals surface area contributed by atoms with Crippen LogP contribution in [-0.4, -0.2) is 18.4 Å². The summed E-state index contributed by atoms with van der Waals surface area (Å²) in [6.45, 7) is 0. The number of hydrogen-bond acceptors (Lipinski definition) is 1. The van der Waals surface area contributed by atoms with Gasteiger partial charge in [0.2, 0.25) is 0 Å². The third-order valence-corrected chi connectivity index (χ3v) is 2.20. The summed E-state index contributed by atoms with van der Waals surface area (Å²) in [5.41, 5.74) is 0. The first kappa shape index (κ1) is 11.1. The van der Waals surface area contributed by atoms with Gasteiger partial charge in [0.25, 0.3) is 0 Å². The van der Waals surface area contributed by atoms with E-state index in [0.29, 0.717) is 0 Å². The second-order valence-corrected chi connectivity index (χ2v) is 3.43. The van der Waals surface area contributed by atoms with E-state index in [1.54, 1.807) is 0 Å². The molecule has 0 saturated heterocycles. The minimum Gasteiger partial charge on any atom is -0.335 e. The summed E-state index contributed by atoms with van der Waals surface area (Å²) in [5.74, 6) is 0. The summed E-state index contributed by atoms with van der Waals surface area (Å²) in [5, 5.41) is 3.22. The van der Waals surface area contributed by atoms with E-state index in [1.165, 1.54) is 0 Å². The Balaban J connectivity index is 2.25. The first-order valence-corrected chi connectivity index (χ1v) is 4.63. The molecule has 1 aliphatic carbocycles. The maximum atomic E-state index is 11.7. The summed E-state index contributed by atoms with van der Waals surface area (Å²) >= 11 is 0. The highest BCUT2D eigenvalue weighted by Gasteiger charge is 2.30. The smallest absolute Gasteiger partial charge is 0.335 e. The Morgan fingerprint density at radius 1 is 1.14 bits per heavy atom. The van der Waals surface area contributed by atoms with Crippen molar-refractivity contribution in [2.45, 2.75) is 44.4 Å². The fraction of sp³-hybridized carbons (Fsp3) is 0.875. The summed E-state index contributed by atoms with van der Waals surface area (Å²) in [4.78, 5) is 10.8. The monoisotopic (exact) mass is 210 g/mol. The number of amides is 2. The maximum absolute atomic E-state index is 11.7. The molecule has 14 heavy (non-hydrogen) atoms. The van der Waals surface area contributed by atoms with E-state index < -0.39 is 12.3 Å². The van der Waals surface area contributed by atoms with Crippen molar-refractivity contribution in [3.63, 3.8) is 0 Å². The van der Waals surface area contributed by atoms with E-state index in [4.69, 9.17) is 0 Å². The van der Waals surface area contributed by atoms with Gasteiger partial charge in [0.15, 0.2) is 0 Å². The lowest BCUT2D eigenvalue weighted by Gasteiger charge is -2.23. The first-order valence-electron chi connectivity index (χ1n) is 4.63. The van der Waals surface area contributed by atoms with Crippen LogP contribution in [0.1, 0.15) is 32.1 Å². The average molecular weight is 210 g/mol. The van der Waals surface area contributed by atoms with Crippen LogP contribution < -0.4 is 10.6 Å². The first-order chi connectivity index (χ1) is 6.47. The normalized spacial score (nSPS) is 19.1. The van der Waals surface area contributed by atoms with Crippen LogP contribution in [0.4, 0.5) is 18.0 Å². The van der Waals surface area contributed by atoms with Crippen molar-refractivity contribution in [2.24, 2.45) is 0 Å². The number of carbonyl (C=O) groups excluding carboxylic acids is 1. The van der Waals surface area contributed by atoms with Crippen molar-refractivity contribution in [1.29, 1.82) is 0 Å². The number of alkyl halides is 3. The van der Waals surface area contributed by atoms with Crippen LogP contribution in [0, 0.1) is 0 Å². The van der Waals surface area contributed by atoms with Crippen LogP contribution in [0.3, 0.4) is 0 Å². The average Bonchev–Trinajstić information content (AvgIpc) is 2.02. The molecule has 1 aliphatic rings. The Hall–Kier alpha value is -0.940. The van der Waals surface area contributed by atoms with Crippen LogP contribution in [0.2, 0.25) is 0 Å². The Labute approximate surface area is 80.0 Å². The highest BCUT2D eigenvalue weighted by molar-refractivity contribution is 5.74. The molecule has 0 spiro atoms. The molecular weight excluding hydrogens is 197 g/mol. The molecule has 0 aromatic heterocycles. The summed E-state index contributed by atoms with van der Waals surface area (Å²) in [6, 6.07) is -1.25. The van der Waals surface area contributed by atoms with Gasteiger partial charge in [0.05, 0.1) is 0 Å². The lowest BCUT2D eigenvalue weighted by molar-refractivity contribution is -0.145. The van der Waals surface area contributed by atoms with Crippen LogP contribution in [0.25, 0.3) is 0 Å². The molecule has 0 aliphatic heterocycles. The molecule has 0 radical (unpaired) electrons. The second-order valence-electron chi connectivity index (χ2n) is 3.43. The maximum Gasteiger partial charge on any atom is 0.485 e. The predicted octanol–water partition coefficient (Wildman–Crippen LogP) is 2.14. The van der Waals surface area contributed by atoms with Crippen LogP contribution in [0.5, 0.6) is 0 Å². The molecule has 0 aromatic rings. The molecule has 1 saturated carbocycles. The van der Waals surface area contributed by atoms with Gasteiger partial charge in [-0.05, 0) is 12.8 Å². The third kappa shape index (κ3) is 4.34. The zero-order chi connectivity index (χ0) is 10.6. The molecule has 0 aromatic carbocycles. The van der Waals surface area contributed by atoms with Gasteiger partial charge in [-0.15, -0.1) is 0 Å². The minimum absolute atomic E-state index is 0.105. The predicted molar refractivity (Wildman–Crippen MR) is 44.6 cm³/mol. The fourth-order valence-electron chi connectivity index (χ4n) is 1.60. The number of hydrogen-bond donors (Lipinski definition) is 2. The zero-order valence-electron chi connectivity index (χ0n) is 7.66. The molecule has 2 N–H and O–H groups in total. The molecule has 82 valence electrons. The minimum atomic E-state index is -4.64. The largest absolute Gasteiger partial charge is 0.485 e. The molecule has 2 amide bonds. The van der Waals surface area contributed by atoms with Crippen molar-refractivity contribution in [3.8, 4) is 0 Å². The molecule has 0 heterocycles. The van der Waals surface area contributed by atoms with Crippen molar-refractivity contribution in [3.05, 3.63) is 0 Å². The molecule has 0 unspecified atom stereocenters. The number of carbonyl (C=O) groups is 1. The van der Waals surface area contributed by atoms with Gasteiger partial charge in [0.1, 0.15) is 0 Å². The molecule has 0 atom stereocenters. The summed E-state index contributed by atoms with van der Waals surface area (Å²) < 4.78 is 35.1. The quantitative estimate of drug-likeness (QED) is 0.639. The standard InChI is InChI=1S/C8H13F3N2O/c9-8(10,11)13-7(14)12-6-4-2-1-3-5-6/h6H,1-5H2,(H2,12,13,14). The molecule has 0 bridgehead atoms. The topological polar surface area (TPSA) is 41.1 Å². The van der Waals surface area contributed by atoms with Gasteiger partial charge in [0, 0.05) is 6.04 Å². The summed E-state index contributed by atoms with van der Waals surface area (Å²) in [6.07, 6.45) is -0.0672. The van der Waals surface area contributed by atoms with Crippen molar-refractivity contribution < 1.29 is 18.0 Å². The van der Waals surface area contributed by atoms with Crippen LogP contribution >= 0.6 is 0 Å². The van der Waals surface area contributed by atoms with E-state index in [0.717, 1.165) is 37.4 Å². The number of halogens is 3. The van der Waals surface area contributed by atoms with Gasteiger partial charge in [-0.1, -0.05) is 19.3 Å². The van der Waals surface area contributed by atoms with E-state index in [9.17, 15) is 18.0 Å². The van der Waals surface area contributed by atoms with Crippen LogP contribution in [0.15, 0.2) is 0 Å². The van der Waals surface area contributed by atoms with Crippen molar-refractivity contribution >= 4 is 6.03 Å². The fourth-order valence-corrected chi connectivity index (χ4v) is 1.60. The Kier molecular flexibility index (Phi) is 3.60. The summed E-state index contributed by atoms with van der Waals surface area (Å²) in [7, 11) is 0. The number of rotatable bonds is 1. The van der Waals surface area contributed by atoms with E-state index in [2.05, 4.69) is 5.32 Å². The molecule has 1 rings (SSSR count). The number of urea groups is 1. The second kappa shape index (κ2) is 4.52. The van der Waals surface area contributed by atoms with Gasteiger partial charge in [-0.3, -0.25) is 0 Å². The molecule has 3 nitrogen and oxygen atoms in total. The Morgan fingerprint density at radius 2 is 1.71 bits per heavy atom. The van der Waals surface area contributed by atoms with Gasteiger partial charge < -0.3 is 5.32 Å².